The summed E-state index contributed by atoms with van der Waals surface area (Å²) in [5, 5.41) is 9.27. The minimum absolute atomic E-state index is 0.102. The molecule has 5 heteroatoms. The number of likely N-dealkylation sites (tertiary alicyclic amines) is 2. The Morgan fingerprint density at radius 2 is 2.00 bits per heavy atom. The number of benzene rings is 1. The second kappa shape index (κ2) is 7.61. The predicted octanol–water partition coefficient (Wildman–Crippen LogP) is 3.79. The number of hydrogen-bond donors (Lipinski definition) is 0. The van der Waals surface area contributed by atoms with Crippen LogP contribution in [0.5, 0.6) is 0 Å². The maximum atomic E-state index is 13.0. The van der Waals surface area contributed by atoms with Gasteiger partial charge in [-0.1, -0.05) is 13.0 Å². The van der Waals surface area contributed by atoms with Gasteiger partial charge in [0.25, 0.3) is 5.91 Å². The number of piperazine rings is 1. The number of aromatic nitrogens is 1. The van der Waals surface area contributed by atoms with E-state index in [1.165, 1.54) is 11.1 Å². The minimum Gasteiger partial charge on any atom is -0.333 e. The Balaban J connectivity index is 1.48. The Hall–Kier alpha value is -2.71. The van der Waals surface area contributed by atoms with E-state index >= 15 is 0 Å². The van der Waals surface area contributed by atoms with Crippen LogP contribution in [0, 0.1) is 25.2 Å². The normalized spacial score (nSPS) is 22.0. The molecule has 0 radical (unpaired) electrons. The van der Waals surface area contributed by atoms with Crippen LogP contribution in [-0.4, -0.2) is 45.9 Å². The van der Waals surface area contributed by atoms with Gasteiger partial charge in [-0.3, -0.25) is 14.7 Å². The van der Waals surface area contributed by atoms with Crippen molar-refractivity contribution < 1.29 is 4.79 Å². The lowest BCUT2D eigenvalue weighted by atomic mass is 9.93. The highest BCUT2D eigenvalue weighted by Crippen LogP contribution is 2.38. The van der Waals surface area contributed by atoms with Crippen molar-refractivity contribution in [3.05, 3.63) is 64.0 Å². The molecule has 2 aliphatic heterocycles. The molecule has 2 aromatic rings. The number of hydrogen-bond acceptors (Lipinski definition) is 4. The smallest absolute Gasteiger partial charge is 0.255 e. The van der Waals surface area contributed by atoms with Gasteiger partial charge in [-0.2, -0.15) is 5.26 Å². The molecule has 0 spiro atoms. The zero-order valence-corrected chi connectivity index (χ0v) is 17.6. The highest BCUT2D eigenvalue weighted by atomic mass is 16.2. The summed E-state index contributed by atoms with van der Waals surface area (Å²) in [6.07, 6.45) is 3.63. The topological polar surface area (TPSA) is 60.2 Å². The van der Waals surface area contributed by atoms with E-state index in [1.54, 1.807) is 6.20 Å². The zero-order valence-electron chi connectivity index (χ0n) is 17.6. The number of aryl methyl sites for hydroxylation is 1. The molecule has 2 aliphatic rings. The highest BCUT2D eigenvalue weighted by molar-refractivity contribution is 5.94. The Bertz CT molecular complexity index is 976. The van der Waals surface area contributed by atoms with Crippen LogP contribution in [0.2, 0.25) is 0 Å². The molecule has 0 unspecified atom stereocenters. The molecular formula is C24H28N4O. The number of nitriles is 1. The summed E-state index contributed by atoms with van der Waals surface area (Å²) in [7, 11) is 0. The van der Waals surface area contributed by atoms with Gasteiger partial charge in [0.15, 0.2) is 0 Å². The number of fused-ring (bicyclic) bond motifs is 2. The fourth-order valence-corrected chi connectivity index (χ4v) is 4.94. The van der Waals surface area contributed by atoms with Crippen LogP contribution in [0.25, 0.3) is 0 Å². The van der Waals surface area contributed by atoms with Gasteiger partial charge < -0.3 is 4.90 Å². The van der Waals surface area contributed by atoms with Crippen molar-refractivity contribution in [3.63, 3.8) is 0 Å². The monoisotopic (exact) mass is 388 g/mol. The van der Waals surface area contributed by atoms with Crippen molar-refractivity contribution in [1.29, 1.82) is 5.26 Å². The molecule has 2 bridgehead atoms. The van der Waals surface area contributed by atoms with Gasteiger partial charge in [-0.25, -0.2) is 0 Å². The average Bonchev–Trinajstić information content (AvgIpc) is 3.36. The molecule has 29 heavy (non-hydrogen) atoms. The molecule has 3 heterocycles. The predicted molar refractivity (Wildman–Crippen MR) is 113 cm³/mol. The van der Waals surface area contributed by atoms with Crippen molar-refractivity contribution in [2.75, 3.05) is 13.1 Å². The van der Waals surface area contributed by atoms with E-state index < -0.39 is 0 Å². The second-order valence-electron chi connectivity index (χ2n) is 8.33. The van der Waals surface area contributed by atoms with Crippen LogP contribution in [0.1, 0.15) is 64.6 Å². The second-order valence-corrected chi connectivity index (χ2v) is 8.33. The number of rotatable bonds is 4. The maximum Gasteiger partial charge on any atom is 0.255 e. The molecule has 150 valence electrons. The summed E-state index contributed by atoms with van der Waals surface area (Å²) in [6, 6.07) is 11.1. The van der Waals surface area contributed by atoms with E-state index in [-0.39, 0.29) is 18.0 Å². The first kappa shape index (κ1) is 19.6. The molecule has 0 N–H and O–H groups in total. The molecule has 1 amide bonds. The fourth-order valence-electron chi connectivity index (χ4n) is 4.94. The standard InChI is InChI=1S/C24H28N4O/c1-5-20-8-6-19(12-26-20)24(29)28-14-21-10-22(28)13-27(21)17(4)23-9-7-18(11-25)15(2)16(23)3/h6-9,12,17,21-22H,5,10,13-14H2,1-4H3/t17-,21+,22+/m0/s1. The van der Waals surface area contributed by atoms with Gasteiger partial charge in [0.1, 0.15) is 0 Å². The van der Waals surface area contributed by atoms with Gasteiger partial charge in [-0.05, 0) is 68.5 Å². The van der Waals surface area contributed by atoms with Crippen LogP contribution in [0.4, 0.5) is 0 Å². The maximum absolute atomic E-state index is 13.0. The van der Waals surface area contributed by atoms with Crippen molar-refractivity contribution in [1.82, 2.24) is 14.8 Å². The Morgan fingerprint density at radius 3 is 2.59 bits per heavy atom. The molecule has 2 saturated heterocycles. The Kier molecular flexibility index (Phi) is 5.14. The molecule has 1 aromatic heterocycles. The summed E-state index contributed by atoms with van der Waals surface area (Å²) in [5.41, 5.74) is 6.01. The number of nitrogens with zero attached hydrogens (tertiary/aromatic N) is 4. The fraction of sp³-hybridized carbons (Fsp3) is 0.458. The minimum atomic E-state index is 0.102. The van der Waals surface area contributed by atoms with E-state index in [0.717, 1.165) is 42.8 Å². The molecule has 2 fully saturated rings. The number of pyridine rings is 1. The summed E-state index contributed by atoms with van der Waals surface area (Å²) in [4.78, 5) is 21.9. The molecular weight excluding hydrogens is 360 g/mol. The molecule has 1 aromatic carbocycles. The highest BCUT2D eigenvalue weighted by Gasteiger charge is 2.47. The van der Waals surface area contributed by atoms with Gasteiger partial charge >= 0.3 is 0 Å². The van der Waals surface area contributed by atoms with Gasteiger partial charge in [-0.15, -0.1) is 0 Å². The van der Waals surface area contributed by atoms with Crippen LogP contribution in [-0.2, 0) is 6.42 Å². The third-order valence-corrected chi connectivity index (χ3v) is 6.87. The molecule has 3 atom stereocenters. The lowest BCUT2D eigenvalue weighted by Gasteiger charge is -2.38. The first-order chi connectivity index (χ1) is 13.9. The van der Waals surface area contributed by atoms with Crippen molar-refractivity contribution in [2.45, 2.75) is 58.7 Å². The largest absolute Gasteiger partial charge is 0.333 e. The average molecular weight is 389 g/mol. The first-order valence-corrected chi connectivity index (χ1v) is 10.5. The molecule has 0 saturated carbocycles. The van der Waals surface area contributed by atoms with Crippen LogP contribution >= 0.6 is 0 Å². The van der Waals surface area contributed by atoms with Crippen LogP contribution in [0.15, 0.2) is 30.5 Å². The summed E-state index contributed by atoms with van der Waals surface area (Å²) >= 11 is 0. The zero-order chi connectivity index (χ0) is 20.7. The van der Waals surface area contributed by atoms with Crippen LogP contribution in [0.3, 0.4) is 0 Å². The molecule has 5 nitrogen and oxygen atoms in total. The number of carbonyl (C=O) groups is 1. The van der Waals surface area contributed by atoms with E-state index in [1.807, 2.05) is 30.0 Å². The summed E-state index contributed by atoms with van der Waals surface area (Å²) in [6.45, 7) is 10.1. The quantitative estimate of drug-likeness (QED) is 0.799. The van der Waals surface area contributed by atoms with Crippen molar-refractivity contribution in [3.8, 4) is 6.07 Å². The third kappa shape index (κ3) is 3.32. The lowest BCUT2D eigenvalue weighted by Crippen LogP contribution is -2.49. The summed E-state index contributed by atoms with van der Waals surface area (Å²) in [5.74, 6) is 0.102. The Morgan fingerprint density at radius 1 is 1.21 bits per heavy atom. The first-order valence-electron chi connectivity index (χ1n) is 10.5. The van der Waals surface area contributed by atoms with Crippen LogP contribution < -0.4 is 0 Å². The van der Waals surface area contributed by atoms with E-state index in [9.17, 15) is 10.1 Å². The Labute approximate surface area is 173 Å². The van der Waals surface area contributed by atoms with Gasteiger partial charge in [0.05, 0.1) is 17.2 Å². The van der Waals surface area contributed by atoms with E-state index in [0.29, 0.717) is 11.6 Å². The SMILES string of the molecule is CCc1ccc(C(=O)N2C[C@H]3C[C@@H]2CN3[C@@H](C)c2ccc(C#N)c(C)c2C)cn1. The summed E-state index contributed by atoms with van der Waals surface area (Å²) < 4.78 is 0. The van der Waals surface area contributed by atoms with Gasteiger partial charge in [0, 0.05) is 43.1 Å². The third-order valence-electron chi connectivity index (χ3n) is 6.87. The van der Waals surface area contributed by atoms with Crippen molar-refractivity contribution in [2.24, 2.45) is 0 Å². The van der Waals surface area contributed by atoms with E-state index in [4.69, 9.17) is 0 Å². The number of amides is 1. The van der Waals surface area contributed by atoms with E-state index in [2.05, 4.69) is 42.8 Å². The molecule has 0 aliphatic carbocycles. The number of carbonyl (C=O) groups excluding carboxylic acids is 1. The molecule has 4 rings (SSSR count). The van der Waals surface area contributed by atoms with Gasteiger partial charge in [0.2, 0.25) is 0 Å². The lowest BCUT2D eigenvalue weighted by molar-refractivity contribution is 0.0568. The van der Waals surface area contributed by atoms with Crippen molar-refractivity contribution >= 4 is 5.91 Å².